The number of ether oxygens (including phenoxy) is 3. The van der Waals surface area contributed by atoms with Crippen LogP contribution in [-0.4, -0.2) is 59.8 Å². The number of halogens is 1. The van der Waals surface area contributed by atoms with E-state index in [1.807, 2.05) is 6.92 Å². The van der Waals surface area contributed by atoms with Gasteiger partial charge in [0.2, 0.25) is 0 Å². The van der Waals surface area contributed by atoms with Crippen LogP contribution in [0.3, 0.4) is 0 Å². The van der Waals surface area contributed by atoms with E-state index in [1.165, 1.54) is 13.2 Å². The highest BCUT2D eigenvalue weighted by Crippen LogP contribution is 2.32. The monoisotopic (exact) mass is 389 g/mol. The number of carbonyl (C=O) groups is 1. The summed E-state index contributed by atoms with van der Waals surface area (Å²) in [5.74, 6) is -0.637. The molecule has 28 heavy (non-hydrogen) atoms. The van der Waals surface area contributed by atoms with Crippen LogP contribution in [0.25, 0.3) is 11.3 Å². The number of amides is 1. The van der Waals surface area contributed by atoms with Crippen LogP contribution in [0.1, 0.15) is 30.3 Å². The zero-order chi connectivity index (χ0) is 19.7. The Morgan fingerprint density at radius 3 is 2.57 bits per heavy atom. The highest BCUT2D eigenvalue weighted by Gasteiger charge is 2.41. The average Bonchev–Trinajstić information content (AvgIpc) is 3.35. The molecule has 0 radical (unpaired) electrons. The molecule has 0 unspecified atom stereocenters. The van der Waals surface area contributed by atoms with Crippen molar-refractivity contribution < 1.29 is 23.4 Å². The van der Waals surface area contributed by atoms with Crippen LogP contribution < -0.4 is 4.74 Å². The van der Waals surface area contributed by atoms with Crippen molar-refractivity contribution in [3.8, 4) is 17.0 Å². The molecule has 2 aliphatic rings. The molecule has 1 spiro atoms. The first kappa shape index (κ1) is 18.9. The smallest absolute Gasteiger partial charge is 0.272 e. The Morgan fingerprint density at radius 1 is 1.25 bits per heavy atom. The van der Waals surface area contributed by atoms with Crippen molar-refractivity contribution in [3.05, 3.63) is 35.8 Å². The third-order valence-electron chi connectivity index (χ3n) is 5.38. The van der Waals surface area contributed by atoms with Gasteiger partial charge >= 0.3 is 0 Å². The molecular formula is C20H24FN3O4. The number of rotatable bonds is 4. The fourth-order valence-electron chi connectivity index (χ4n) is 3.79. The third kappa shape index (κ3) is 3.38. The Labute approximate surface area is 163 Å². The number of likely N-dealkylation sites (tertiary alicyclic amines) is 1. The lowest BCUT2D eigenvalue weighted by Crippen LogP contribution is -2.47. The van der Waals surface area contributed by atoms with Crippen LogP contribution in [-0.2, 0) is 16.0 Å². The fourth-order valence-corrected chi connectivity index (χ4v) is 3.79. The first-order chi connectivity index (χ1) is 13.5. The molecule has 1 amide bonds. The van der Waals surface area contributed by atoms with E-state index in [-0.39, 0.29) is 5.91 Å². The van der Waals surface area contributed by atoms with E-state index in [0.29, 0.717) is 68.4 Å². The predicted octanol–water partition coefficient (Wildman–Crippen LogP) is 2.70. The molecule has 3 heterocycles. The van der Waals surface area contributed by atoms with Gasteiger partial charge in [0.15, 0.2) is 5.79 Å². The summed E-state index contributed by atoms with van der Waals surface area (Å²) in [6, 6.07) is 6.26. The topological polar surface area (TPSA) is 65.8 Å². The van der Waals surface area contributed by atoms with Crippen LogP contribution >= 0.6 is 0 Å². The van der Waals surface area contributed by atoms with Crippen molar-refractivity contribution in [2.75, 3.05) is 33.4 Å². The summed E-state index contributed by atoms with van der Waals surface area (Å²) >= 11 is 0. The van der Waals surface area contributed by atoms with Crippen LogP contribution in [0.5, 0.6) is 5.75 Å². The number of piperidine rings is 1. The Hall–Kier alpha value is -2.45. The standard InChI is InChI=1S/C20H24FN3O4/c1-3-24-18(13-17(22-24)15-5-4-14(26-2)12-16(15)21)19(25)23-8-6-20(7-9-23)27-10-11-28-20/h4-5,12-13H,3,6-11H2,1-2H3. The molecular weight excluding hydrogens is 365 g/mol. The second kappa shape index (κ2) is 7.52. The summed E-state index contributed by atoms with van der Waals surface area (Å²) in [4.78, 5) is 14.9. The van der Waals surface area contributed by atoms with E-state index in [2.05, 4.69) is 5.10 Å². The van der Waals surface area contributed by atoms with Crippen LogP contribution in [0.15, 0.2) is 24.3 Å². The van der Waals surface area contributed by atoms with Crippen molar-refractivity contribution in [2.24, 2.45) is 0 Å². The van der Waals surface area contributed by atoms with E-state index < -0.39 is 11.6 Å². The molecule has 8 heteroatoms. The number of benzene rings is 1. The summed E-state index contributed by atoms with van der Waals surface area (Å²) in [6.45, 7) is 4.74. The highest BCUT2D eigenvalue weighted by atomic mass is 19.1. The Balaban J connectivity index is 1.56. The van der Waals surface area contributed by atoms with E-state index >= 15 is 0 Å². The molecule has 7 nitrogen and oxygen atoms in total. The molecule has 0 saturated carbocycles. The minimum atomic E-state index is -0.529. The average molecular weight is 389 g/mol. The molecule has 2 aromatic rings. The number of carbonyl (C=O) groups excluding carboxylic acids is 1. The molecule has 4 rings (SSSR count). The van der Waals surface area contributed by atoms with Gasteiger partial charge in [0, 0.05) is 44.1 Å². The largest absolute Gasteiger partial charge is 0.497 e. The lowest BCUT2D eigenvalue weighted by Gasteiger charge is -2.37. The molecule has 2 fully saturated rings. The van der Waals surface area contributed by atoms with Crippen molar-refractivity contribution >= 4 is 5.91 Å². The first-order valence-corrected chi connectivity index (χ1v) is 9.54. The zero-order valence-electron chi connectivity index (χ0n) is 16.1. The predicted molar refractivity (Wildman–Crippen MR) is 99.6 cm³/mol. The summed E-state index contributed by atoms with van der Waals surface area (Å²) in [7, 11) is 1.49. The van der Waals surface area contributed by atoms with Crippen molar-refractivity contribution in [2.45, 2.75) is 32.1 Å². The molecule has 2 aliphatic heterocycles. The quantitative estimate of drug-likeness (QED) is 0.804. The van der Waals surface area contributed by atoms with Gasteiger partial charge in [0.25, 0.3) is 5.91 Å². The van der Waals surface area contributed by atoms with Gasteiger partial charge in [-0.05, 0) is 25.1 Å². The number of aryl methyl sites for hydroxylation is 1. The van der Waals surface area contributed by atoms with Gasteiger partial charge in [-0.25, -0.2) is 4.39 Å². The van der Waals surface area contributed by atoms with Crippen molar-refractivity contribution in [1.29, 1.82) is 0 Å². The zero-order valence-corrected chi connectivity index (χ0v) is 16.1. The number of methoxy groups -OCH3 is 1. The number of nitrogens with zero attached hydrogens (tertiary/aromatic N) is 3. The van der Waals surface area contributed by atoms with Crippen molar-refractivity contribution in [3.63, 3.8) is 0 Å². The highest BCUT2D eigenvalue weighted by molar-refractivity contribution is 5.94. The molecule has 0 bridgehead atoms. The number of hydrogen-bond donors (Lipinski definition) is 0. The molecule has 0 N–H and O–H groups in total. The van der Waals surface area contributed by atoms with Crippen LogP contribution in [0.2, 0.25) is 0 Å². The van der Waals surface area contributed by atoms with Gasteiger partial charge in [-0.3, -0.25) is 9.48 Å². The van der Waals surface area contributed by atoms with Gasteiger partial charge in [-0.1, -0.05) is 0 Å². The van der Waals surface area contributed by atoms with E-state index in [0.717, 1.165) is 0 Å². The SMILES string of the molecule is CCn1nc(-c2ccc(OC)cc2F)cc1C(=O)N1CCC2(CC1)OCCO2. The number of hydrogen-bond acceptors (Lipinski definition) is 5. The molecule has 1 aromatic carbocycles. The second-order valence-electron chi connectivity index (χ2n) is 6.98. The number of aromatic nitrogens is 2. The second-order valence-corrected chi connectivity index (χ2v) is 6.98. The lowest BCUT2D eigenvalue weighted by atomic mass is 10.0. The Morgan fingerprint density at radius 2 is 1.96 bits per heavy atom. The summed E-state index contributed by atoms with van der Waals surface area (Å²) in [6.07, 6.45) is 1.30. The minimum absolute atomic E-state index is 0.109. The Bertz CT molecular complexity index is 866. The summed E-state index contributed by atoms with van der Waals surface area (Å²) < 4.78 is 32.6. The maximum Gasteiger partial charge on any atom is 0.272 e. The summed E-state index contributed by atoms with van der Waals surface area (Å²) in [5.41, 5.74) is 1.23. The maximum absolute atomic E-state index is 14.4. The van der Waals surface area contributed by atoms with Crippen LogP contribution in [0, 0.1) is 5.82 Å². The normalized spacial score (nSPS) is 18.6. The third-order valence-corrected chi connectivity index (χ3v) is 5.38. The minimum Gasteiger partial charge on any atom is -0.497 e. The molecule has 2 saturated heterocycles. The first-order valence-electron chi connectivity index (χ1n) is 9.54. The molecule has 150 valence electrons. The Kier molecular flexibility index (Phi) is 5.07. The van der Waals surface area contributed by atoms with Gasteiger partial charge in [0.1, 0.15) is 17.3 Å². The molecule has 0 atom stereocenters. The van der Waals surface area contributed by atoms with Crippen LogP contribution in [0.4, 0.5) is 4.39 Å². The van der Waals surface area contributed by atoms with E-state index in [4.69, 9.17) is 14.2 Å². The van der Waals surface area contributed by atoms with Crippen molar-refractivity contribution in [1.82, 2.24) is 14.7 Å². The summed E-state index contributed by atoms with van der Waals surface area (Å²) in [5, 5.41) is 4.44. The van der Waals surface area contributed by atoms with Gasteiger partial charge in [0.05, 0.1) is 26.0 Å². The van der Waals surface area contributed by atoms with Gasteiger partial charge in [-0.2, -0.15) is 5.10 Å². The maximum atomic E-state index is 14.4. The molecule has 0 aliphatic carbocycles. The lowest BCUT2D eigenvalue weighted by molar-refractivity contribution is -0.181. The van der Waals surface area contributed by atoms with E-state index in [1.54, 1.807) is 27.8 Å². The van der Waals surface area contributed by atoms with Gasteiger partial charge < -0.3 is 19.1 Å². The molecule has 1 aromatic heterocycles. The van der Waals surface area contributed by atoms with Gasteiger partial charge in [-0.15, -0.1) is 0 Å². The fraction of sp³-hybridized carbons (Fsp3) is 0.500. The van der Waals surface area contributed by atoms with E-state index in [9.17, 15) is 9.18 Å².